The van der Waals surface area contributed by atoms with Crippen molar-refractivity contribution in [1.29, 1.82) is 0 Å². The number of primary sulfonamides is 1. The number of amides is 1. The number of aromatic nitrogens is 2. The van der Waals surface area contributed by atoms with Crippen molar-refractivity contribution in [2.24, 2.45) is 5.14 Å². The summed E-state index contributed by atoms with van der Waals surface area (Å²) in [5.41, 5.74) is 2.22. The third kappa shape index (κ3) is 4.20. The van der Waals surface area contributed by atoms with Crippen molar-refractivity contribution in [3.8, 4) is 0 Å². The maximum absolute atomic E-state index is 12.5. The largest absolute Gasteiger partial charge is 0.337 e. The zero-order chi connectivity index (χ0) is 18.9. The van der Waals surface area contributed by atoms with Gasteiger partial charge in [-0.15, -0.1) is 0 Å². The van der Waals surface area contributed by atoms with Gasteiger partial charge in [0.25, 0.3) is 0 Å². The molecule has 0 aliphatic rings. The van der Waals surface area contributed by atoms with Crippen LogP contribution in [0.4, 0.5) is 0 Å². The first-order chi connectivity index (χ1) is 11.5. The van der Waals surface area contributed by atoms with Gasteiger partial charge < -0.3 is 4.90 Å². The van der Waals surface area contributed by atoms with Gasteiger partial charge in [-0.1, -0.05) is 23.7 Å². The fourth-order valence-corrected chi connectivity index (χ4v) is 3.10. The molecule has 0 saturated carbocycles. The molecule has 2 N–H and O–H groups in total. The van der Waals surface area contributed by atoms with E-state index in [1.54, 1.807) is 35.7 Å². The summed E-state index contributed by atoms with van der Waals surface area (Å²) in [6, 6.07) is 5.91. The molecule has 25 heavy (non-hydrogen) atoms. The van der Waals surface area contributed by atoms with Crippen molar-refractivity contribution in [1.82, 2.24) is 14.7 Å². The molecule has 1 atom stereocenters. The Morgan fingerprint density at radius 2 is 1.88 bits per heavy atom. The van der Waals surface area contributed by atoms with E-state index in [9.17, 15) is 13.2 Å². The van der Waals surface area contributed by atoms with Gasteiger partial charge in [-0.25, -0.2) is 13.6 Å². The zero-order valence-electron chi connectivity index (χ0n) is 14.5. The molecule has 0 aliphatic carbocycles. The summed E-state index contributed by atoms with van der Waals surface area (Å²) >= 11 is 6.10. The highest BCUT2D eigenvalue weighted by atomic mass is 35.5. The van der Waals surface area contributed by atoms with Crippen LogP contribution in [0.25, 0.3) is 0 Å². The van der Waals surface area contributed by atoms with E-state index in [0.29, 0.717) is 10.7 Å². The minimum absolute atomic E-state index is 0.0368. The lowest BCUT2D eigenvalue weighted by atomic mass is 10.1. The quantitative estimate of drug-likeness (QED) is 0.852. The lowest BCUT2D eigenvalue weighted by Crippen LogP contribution is -2.33. The Labute approximate surface area is 152 Å². The molecule has 0 aliphatic heterocycles. The van der Waals surface area contributed by atoms with E-state index in [1.165, 1.54) is 12.1 Å². The number of benzene rings is 1. The van der Waals surface area contributed by atoms with E-state index in [2.05, 4.69) is 5.10 Å². The molecule has 0 fully saturated rings. The van der Waals surface area contributed by atoms with Crippen LogP contribution in [0.3, 0.4) is 0 Å². The molecule has 0 radical (unpaired) electrons. The molecule has 0 spiro atoms. The summed E-state index contributed by atoms with van der Waals surface area (Å²) in [5.74, 6) is -0.134. The third-order valence-electron chi connectivity index (χ3n) is 4.24. The van der Waals surface area contributed by atoms with Crippen LogP contribution in [-0.4, -0.2) is 36.1 Å². The van der Waals surface area contributed by atoms with Crippen LogP contribution >= 0.6 is 11.6 Å². The van der Waals surface area contributed by atoms with Crippen LogP contribution in [0.1, 0.15) is 29.9 Å². The molecule has 1 aromatic heterocycles. The Hall–Kier alpha value is -1.90. The van der Waals surface area contributed by atoms with Crippen molar-refractivity contribution < 1.29 is 13.2 Å². The molecule has 0 saturated heterocycles. The van der Waals surface area contributed by atoms with Gasteiger partial charge >= 0.3 is 0 Å². The molecular weight excluding hydrogens is 364 g/mol. The predicted octanol–water partition coefficient (Wildman–Crippen LogP) is 2.02. The fourth-order valence-electron chi connectivity index (χ4n) is 2.44. The van der Waals surface area contributed by atoms with Crippen molar-refractivity contribution in [3.05, 3.63) is 46.2 Å². The number of rotatable bonds is 5. The molecule has 1 heterocycles. The summed E-state index contributed by atoms with van der Waals surface area (Å²) in [5, 5.41) is 9.91. The van der Waals surface area contributed by atoms with Crippen LogP contribution in [0.5, 0.6) is 0 Å². The van der Waals surface area contributed by atoms with Crippen LogP contribution in [0.2, 0.25) is 5.02 Å². The molecule has 1 amide bonds. The van der Waals surface area contributed by atoms with E-state index >= 15 is 0 Å². The molecule has 1 aromatic carbocycles. The number of nitrogens with zero attached hydrogens (tertiary/aromatic N) is 3. The highest BCUT2D eigenvalue weighted by Crippen LogP contribution is 2.22. The molecule has 7 nitrogen and oxygen atoms in total. The lowest BCUT2D eigenvalue weighted by molar-refractivity contribution is -0.132. The highest BCUT2D eigenvalue weighted by molar-refractivity contribution is 7.89. The highest BCUT2D eigenvalue weighted by Gasteiger charge is 2.20. The van der Waals surface area contributed by atoms with Crippen molar-refractivity contribution in [2.45, 2.75) is 38.3 Å². The van der Waals surface area contributed by atoms with E-state index in [0.717, 1.165) is 11.3 Å². The van der Waals surface area contributed by atoms with Gasteiger partial charge in [0, 0.05) is 7.05 Å². The molecule has 2 aromatic rings. The van der Waals surface area contributed by atoms with Crippen molar-refractivity contribution in [3.63, 3.8) is 0 Å². The first kappa shape index (κ1) is 19.4. The number of hydrogen-bond donors (Lipinski definition) is 1. The number of hydrogen-bond acceptors (Lipinski definition) is 4. The zero-order valence-corrected chi connectivity index (χ0v) is 16.1. The monoisotopic (exact) mass is 384 g/mol. The Kier molecular flexibility index (Phi) is 5.55. The topological polar surface area (TPSA) is 98.3 Å². The number of nitrogens with two attached hydrogens (primary N) is 1. The van der Waals surface area contributed by atoms with Crippen LogP contribution in [0, 0.1) is 13.8 Å². The maximum atomic E-state index is 12.5. The summed E-state index contributed by atoms with van der Waals surface area (Å²) < 4.78 is 24.2. The van der Waals surface area contributed by atoms with Crippen molar-refractivity contribution in [2.75, 3.05) is 7.05 Å². The van der Waals surface area contributed by atoms with Gasteiger partial charge in [0.05, 0.1) is 27.3 Å². The van der Waals surface area contributed by atoms with Gasteiger partial charge in [0.15, 0.2) is 0 Å². The van der Waals surface area contributed by atoms with E-state index < -0.39 is 10.0 Å². The van der Waals surface area contributed by atoms with Gasteiger partial charge in [-0.3, -0.25) is 9.48 Å². The molecule has 136 valence electrons. The molecule has 0 bridgehead atoms. The standard InChI is InChI=1S/C16H21ClN4O3S/c1-10-16(17)12(3)21(19-10)9-15(22)20(4)11(2)13-5-7-14(8-6-13)25(18,23)24/h5-8,11H,9H2,1-4H3,(H2,18,23,24). The van der Waals surface area contributed by atoms with E-state index in [4.69, 9.17) is 16.7 Å². The molecule has 1 unspecified atom stereocenters. The Morgan fingerprint density at radius 3 is 2.32 bits per heavy atom. The Bertz CT molecular complexity index is 891. The third-order valence-corrected chi connectivity index (χ3v) is 5.72. The number of sulfonamides is 1. The Morgan fingerprint density at radius 1 is 1.32 bits per heavy atom. The first-order valence-electron chi connectivity index (χ1n) is 7.60. The summed E-state index contributed by atoms with van der Waals surface area (Å²) in [6.07, 6.45) is 0. The number of halogens is 1. The number of carbonyl (C=O) groups is 1. The summed E-state index contributed by atoms with van der Waals surface area (Å²) in [6.45, 7) is 5.54. The minimum Gasteiger partial charge on any atom is -0.337 e. The minimum atomic E-state index is -3.73. The Balaban J connectivity index is 2.14. The van der Waals surface area contributed by atoms with Crippen LogP contribution < -0.4 is 5.14 Å². The normalized spacial score (nSPS) is 12.9. The second kappa shape index (κ2) is 7.15. The van der Waals surface area contributed by atoms with E-state index in [-0.39, 0.29) is 23.4 Å². The maximum Gasteiger partial charge on any atom is 0.244 e. The van der Waals surface area contributed by atoms with Gasteiger partial charge in [0.1, 0.15) is 6.54 Å². The fraction of sp³-hybridized carbons (Fsp3) is 0.375. The van der Waals surface area contributed by atoms with Crippen LogP contribution in [-0.2, 0) is 21.4 Å². The predicted molar refractivity (Wildman–Crippen MR) is 95.7 cm³/mol. The average molecular weight is 385 g/mol. The van der Waals surface area contributed by atoms with Crippen LogP contribution in [0.15, 0.2) is 29.2 Å². The number of likely N-dealkylation sites (N-methyl/N-ethyl adjacent to an activating group) is 1. The number of carbonyl (C=O) groups excluding carboxylic acids is 1. The first-order valence-corrected chi connectivity index (χ1v) is 9.52. The average Bonchev–Trinajstić information content (AvgIpc) is 2.79. The second-order valence-corrected chi connectivity index (χ2v) is 7.88. The molecule has 2 rings (SSSR count). The van der Waals surface area contributed by atoms with Crippen molar-refractivity contribution >= 4 is 27.5 Å². The summed E-state index contributed by atoms with van der Waals surface area (Å²) in [4.78, 5) is 14.1. The molecule has 9 heteroatoms. The van der Waals surface area contributed by atoms with Gasteiger partial charge in [0.2, 0.25) is 15.9 Å². The second-order valence-electron chi connectivity index (χ2n) is 5.94. The van der Waals surface area contributed by atoms with Gasteiger partial charge in [-0.05, 0) is 38.5 Å². The SMILES string of the molecule is Cc1nn(CC(=O)N(C)C(C)c2ccc(S(N)(=O)=O)cc2)c(C)c1Cl. The smallest absolute Gasteiger partial charge is 0.244 e. The van der Waals surface area contributed by atoms with Gasteiger partial charge in [-0.2, -0.15) is 5.10 Å². The van der Waals surface area contributed by atoms with E-state index in [1.807, 2.05) is 13.8 Å². The summed E-state index contributed by atoms with van der Waals surface area (Å²) in [7, 11) is -2.05. The number of aryl methyl sites for hydroxylation is 1. The molecular formula is C16H21ClN4O3S. The lowest BCUT2D eigenvalue weighted by Gasteiger charge is -2.25.